The molecule has 0 fully saturated rings. The fourth-order valence-electron chi connectivity index (χ4n) is 0.741. The first-order chi connectivity index (χ1) is 6.37. The molecule has 0 rings (SSSR count). The Morgan fingerprint density at radius 3 is 2.36 bits per heavy atom. The topological polar surface area (TPSA) is 38.8 Å². The molecule has 0 aliphatic carbocycles. The lowest BCUT2D eigenvalue weighted by Gasteiger charge is -2.22. The van der Waals surface area contributed by atoms with Gasteiger partial charge in [-0.15, -0.1) is 0 Å². The molecule has 0 aromatic rings. The zero-order valence-corrected chi connectivity index (χ0v) is 9.79. The molecule has 0 aliphatic heterocycles. The monoisotopic (exact) mass is 203 g/mol. The molecule has 0 saturated heterocycles. The van der Waals surface area contributed by atoms with Crippen LogP contribution < -0.4 is 0 Å². The third-order valence-corrected chi connectivity index (χ3v) is 1.69. The second-order valence-corrected chi connectivity index (χ2v) is 4.21. The maximum atomic E-state index is 11.4. The van der Waals surface area contributed by atoms with Gasteiger partial charge in [0.05, 0.1) is 12.2 Å². The number of nitrogens with zero attached hydrogens (tertiary/aromatic N) is 1. The molecule has 0 N–H and O–H groups in total. The number of likely N-dealkylation sites (N-methyl/N-ethyl adjacent to an activating group) is 1. The van der Waals surface area contributed by atoms with Gasteiger partial charge in [0.1, 0.15) is 6.61 Å². The Labute approximate surface area is 86.2 Å². The maximum absolute atomic E-state index is 11.4. The van der Waals surface area contributed by atoms with Crippen molar-refractivity contribution in [2.45, 2.75) is 26.4 Å². The Hall–Kier alpha value is -0.610. The molecule has 0 unspecified atom stereocenters. The van der Waals surface area contributed by atoms with Gasteiger partial charge in [0.2, 0.25) is 5.91 Å². The molecule has 0 aromatic heterocycles. The van der Waals surface area contributed by atoms with Crippen LogP contribution >= 0.6 is 0 Å². The summed E-state index contributed by atoms with van der Waals surface area (Å²) in [4.78, 5) is 13.0. The van der Waals surface area contributed by atoms with Crippen molar-refractivity contribution in [3.05, 3.63) is 0 Å². The predicted octanol–water partition coefficient (Wildman–Crippen LogP) is 0.906. The highest BCUT2D eigenvalue weighted by Gasteiger charge is 2.15. The minimum atomic E-state index is -0.266. The number of ether oxygens (including phenoxy) is 2. The summed E-state index contributed by atoms with van der Waals surface area (Å²) in [6, 6.07) is 0. The molecular formula is C10H21NO3. The van der Waals surface area contributed by atoms with Crippen LogP contribution in [0.5, 0.6) is 0 Å². The summed E-state index contributed by atoms with van der Waals surface area (Å²) in [6.45, 7) is 7.06. The lowest BCUT2D eigenvalue weighted by atomic mass is 10.2. The third-order valence-electron chi connectivity index (χ3n) is 1.69. The van der Waals surface area contributed by atoms with E-state index in [1.807, 2.05) is 20.8 Å². The summed E-state index contributed by atoms with van der Waals surface area (Å²) in [7, 11) is 3.36. The van der Waals surface area contributed by atoms with E-state index in [9.17, 15) is 4.79 Å². The van der Waals surface area contributed by atoms with Gasteiger partial charge in [-0.05, 0) is 20.8 Å². The maximum Gasteiger partial charge on any atom is 0.248 e. The molecule has 0 aliphatic rings. The number of amides is 1. The van der Waals surface area contributed by atoms with E-state index in [-0.39, 0.29) is 18.1 Å². The molecule has 4 heteroatoms. The lowest BCUT2D eigenvalue weighted by Crippen LogP contribution is -2.35. The van der Waals surface area contributed by atoms with Crippen LogP contribution in [0.15, 0.2) is 0 Å². The smallest absolute Gasteiger partial charge is 0.248 e. The van der Waals surface area contributed by atoms with Crippen molar-refractivity contribution in [1.29, 1.82) is 0 Å². The minimum absolute atomic E-state index is 0.0167. The molecule has 0 spiro atoms. The van der Waals surface area contributed by atoms with E-state index in [1.165, 1.54) is 0 Å². The molecule has 4 nitrogen and oxygen atoms in total. The van der Waals surface area contributed by atoms with Crippen molar-refractivity contribution in [2.24, 2.45) is 0 Å². The molecule has 84 valence electrons. The Balaban J connectivity index is 3.73. The number of rotatable bonds is 5. The van der Waals surface area contributed by atoms with Gasteiger partial charge < -0.3 is 14.4 Å². The number of methoxy groups -OCH3 is 1. The van der Waals surface area contributed by atoms with Gasteiger partial charge in [-0.25, -0.2) is 0 Å². The van der Waals surface area contributed by atoms with E-state index in [2.05, 4.69) is 0 Å². The van der Waals surface area contributed by atoms with Crippen LogP contribution in [0.1, 0.15) is 20.8 Å². The number of hydrogen-bond donors (Lipinski definition) is 0. The Bertz CT molecular complexity index is 175. The van der Waals surface area contributed by atoms with Gasteiger partial charge in [0.15, 0.2) is 0 Å². The first-order valence-corrected chi connectivity index (χ1v) is 4.73. The molecule has 0 radical (unpaired) electrons. The summed E-state index contributed by atoms with van der Waals surface area (Å²) in [5.74, 6) is -0.0167. The van der Waals surface area contributed by atoms with E-state index >= 15 is 0 Å². The van der Waals surface area contributed by atoms with Crippen LogP contribution in [-0.4, -0.2) is 50.3 Å². The average molecular weight is 203 g/mol. The molecule has 0 atom stereocenters. The van der Waals surface area contributed by atoms with Gasteiger partial charge >= 0.3 is 0 Å². The second kappa shape index (κ2) is 5.98. The van der Waals surface area contributed by atoms with Crippen LogP contribution in [0.3, 0.4) is 0 Å². The van der Waals surface area contributed by atoms with Gasteiger partial charge in [0.25, 0.3) is 0 Å². The van der Waals surface area contributed by atoms with E-state index in [4.69, 9.17) is 9.47 Å². The van der Waals surface area contributed by atoms with Gasteiger partial charge in [0, 0.05) is 20.7 Å². The van der Waals surface area contributed by atoms with E-state index in [0.29, 0.717) is 13.2 Å². The van der Waals surface area contributed by atoms with Crippen LogP contribution in [0.25, 0.3) is 0 Å². The summed E-state index contributed by atoms with van der Waals surface area (Å²) in [6.07, 6.45) is 0. The molecule has 0 bridgehead atoms. The minimum Gasteiger partial charge on any atom is -0.383 e. The summed E-state index contributed by atoms with van der Waals surface area (Å²) in [5.41, 5.74) is -0.266. The van der Waals surface area contributed by atoms with Gasteiger partial charge in [-0.1, -0.05) is 0 Å². The van der Waals surface area contributed by atoms with Crippen LogP contribution in [-0.2, 0) is 14.3 Å². The Kier molecular flexibility index (Phi) is 5.72. The lowest BCUT2D eigenvalue weighted by molar-refractivity contribution is -0.140. The largest absolute Gasteiger partial charge is 0.383 e. The summed E-state index contributed by atoms with van der Waals surface area (Å²) < 4.78 is 10.2. The van der Waals surface area contributed by atoms with E-state index in [0.717, 1.165) is 0 Å². The van der Waals surface area contributed by atoms with Crippen molar-refractivity contribution < 1.29 is 14.3 Å². The predicted molar refractivity (Wildman–Crippen MR) is 55.2 cm³/mol. The molecule has 0 heterocycles. The number of hydrogen-bond acceptors (Lipinski definition) is 3. The highest BCUT2D eigenvalue weighted by Crippen LogP contribution is 2.06. The molecule has 0 saturated carbocycles. The van der Waals surface area contributed by atoms with Crippen molar-refractivity contribution in [3.63, 3.8) is 0 Å². The van der Waals surface area contributed by atoms with Crippen molar-refractivity contribution in [1.82, 2.24) is 4.90 Å². The number of carbonyl (C=O) groups excluding carboxylic acids is 1. The fourth-order valence-corrected chi connectivity index (χ4v) is 0.741. The molecular weight excluding hydrogens is 182 g/mol. The van der Waals surface area contributed by atoms with Crippen LogP contribution in [0.2, 0.25) is 0 Å². The second-order valence-electron chi connectivity index (χ2n) is 4.21. The molecule has 1 amide bonds. The normalized spacial score (nSPS) is 11.5. The van der Waals surface area contributed by atoms with Gasteiger partial charge in [-0.2, -0.15) is 0 Å². The van der Waals surface area contributed by atoms with Crippen molar-refractivity contribution in [3.8, 4) is 0 Å². The zero-order valence-electron chi connectivity index (χ0n) is 9.79. The summed E-state index contributed by atoms with van der Waals surface area (Å²) >= 11 is 0. The highest BCUT2D eigenvalue weighted by atomic mass is 16.5. The molecule has 0 aromatic carbocycles. The van der Waals surface area contributed by atoms with Crippen LogP contribution in [0.4, 0.5) is 0 Å². The Morgan fingerprint density at radius 1 is 1.36 bits per heavy atom. The van der Waals surface area contributed by atoms with E-state index in [1.54, 1.807) is 19.1 Å². The van der Waals surface area contributed by atoms with Crippen molar-refractivity contribution >= 4 is 5.91 Å². The quantitative estimate of drug-likeness (QED) is 0.666. The Morgan fingerprint density at radius 2 is 1.93 bits per heavy atom. The first kappa shape index (κ1) is 13.4. The third kappa shape index (κ3) is 6.86. The highest BCUT2D eigenvalue weighted by molar-refractivity contribution is 5.77. The van der Waals surface area contributed by atoms with E-state index < -0.39 is 0 Å². The SMILES string of the molecule is COCCN(C)C(=O)COC(C)(C)C. The molecule has 14 heavy (non-hydrogen) atoms. The standard InChI is InChI=1S/C10H21NO3/c1-10(2,3)14-8-9(12)11(4)6-7-13-5/h6-8H2,1-5H3. The first-order valence-electron chi connectivity index (χ1n) is 4.73. The fraction of sp³-hybridized carbons (Fsp3) is 0.900. The van der Waals surface area contributed by atoms with Crippen LogP contribution in [0, 0.1) is 0 Å². The van der Waals surface area contributed by atoms with Crippen molar-refractivity contribution in [2.75, 3.05) is 33.9 Å². The summed E-state index contributed by atoms with van der Waals surface area (Å²) in [5, 5.41) is 0. The average Bonchev–Trinajstić information content (AvgIpc) is 2.09. The zero-order chi connectivity index (χ0) is 11.2. The number of carbonyl (C=O) groups is 1. The van der Waals surface area contributed by atoms with Gasteiger partial charge in [-0.3, -0.25) is 4.79 Å².